The first-order valence-corrected chi connectivity index (χ1v) is 8.05. The van der Waals surface area contributed by atoms with Crippen LogP contribution in [0.25, 0.3) is 0 Å². The van der Waals surface area contributed by atoms with E-state index in [1.54, 1.807) is 7.11 Å². The van der Waals surface area contributed by atoms with Crippen LogP contribution in [0.2, 0.25) is 0 Å². The molecule has 1 atom stereocenters. The highest BCUT2D eigenvalue weighted by Gasteiger charge is 2.31. The molecular weight excluding hydrogens is 276 g/mol. The Morgan fingerprint density at radius 2 is 2.09 bits per heavy atom. The van der Waals surface area contributed by atoms with Gasteiger partial charge in [-0.1, -0.05) is 24.2 Å². The molecule has 0 bridgehead atoms. The van der Waals surface area contributed by atoms with Gasteiger partial charge in [-0.3, -0.25) is 4.90 Å². The van der Waals surface area contributed by atoms with Crippen LogP contribution in [0.5, 0.6) is 5.75 Å². The summed E-state index contributed by atoms with van der Waals surface area (Å²) < 4.78 is 10.7. The van der Waals surface area contributed by atoms with Crippen molar-refractivity contribution in [3.05, 3.63) is 46.8 Å². The number of aromatic nitrogens is 1. The summed E-state index contributed by atoms with van der Waals surface area (Å²) in [6, 6.07) is 8.79. The Labute approximate surface area is 132 Å². The molecule has 1 aromatic carbocycles. The van der Waals surface area contributed by atoms with Crippen LogP contribution >= 0.6 is 0 Å². The standard InChI is InChI=1S/C18H24N2O2/c1-4-17-18(13(2)19-22-17)16-6-5-11-20(16)12-14-7-9-15(21-3)10-8-14/h7-10,16H,4-6,11-12H2,1-3H3/t16-/m0/s1. The van der Waals surface area contributed by atoms with Crippen LogP contribution < -0.4 is 4.74 Å². The quantitative estimate of drug-likeness (QED) is 0.839. The maximum absolute atomic E-state index is 5.49. The lowest BCUT2D eigenvalue weighted by Gasteiger charge is -2.24. The predicted octanol–water partition coefficient (Wildman–Crippen LogP) is 3.89. The minimum Gasteiger partial charge on any atom is -0.497 e. The van der Waals surface area contributed by atoms with Crippen LogP contribution in [0.3, 0.4) is 0 Å². The Bertz CT molecular complexity index is 619. The predicted molar refractivity (Wildman–Crippen MR) is 86.0 cm³/mol. The third-order valence-corrected chi connectivity index (χ3v) is 4.55. The van der Waals surface area contributed by atoms with E-state index in [0.717, 1.165) is 36.7 Å². The van der Waals surface area contributed by atoms with Crippen molar-refractivity contribution in [1.29, 1.82) is 0 Å². The number of ether oxygens (including phenoxy) is 1. The average Bonchev–Trinajstić information content (AvgIpc) is 3.14. The molecule has 1 saturated heterocycles. The summed E-state index contributed by atoms with van der Waals surface area (Å²) in [5.74, 6) is 1.95. The summed E-state index contributed by atoms with van der Waals surface area (Å²) in [4.78, 5) is 2.54. The second-order valence-corrected chi connectivity index (χ2v) is 5.93. The molecular formula is C18H24N2O2. The van der Waals surface area contributed by atoms with E-state index >= 15 is 0 Å². The largest absolute Gasteiger partial charge is 0.497 e. The van der Waals surface area contributed by atoms with Crippen molar-refractivity contribution in [1.82, 2.24) is 10.1 Å². The lowest BCUT2D eigenvalue weighted by atomic mass is 10.0. The number of aryl methyl sites for hydroxylation is 2. The number of rotatable bonds is 5. The number of likely N-dealkylation sites (tertiary alicyclic amines) is 1. The van der Waals surface area contributed by atoms with E-state index in [9.17, 15) is 0 Å². The van der Waals surface area contributed by atoms with Crippen LogP contribution in [0.4, 0.5) is 0 Å². The minimum absolute atomic E-state index is 0.434. The monoisotopic (exact) mass is 300 g/mol. The first-order valence-electron chi connectivity index (χ1n) is 8.05. The second kappa shape index (κ2) is 6.53. The van der Waals surface area contributed by atoms with E-state index in [0.29, 0.717) is 6.04 Å². The number of nitrogens with zero attached hydrogens (tertiary/aromatic N) is 2. The molecule has 22 heavy (non-hydrogen) atoms. The van der Waals surface area contributed by atoms with E-state index < -0.39 is 0 Å². The SMILES string of the molecule is CCc1onc(C)c1[C@@H]1CCCN1Cc1ccc(OC)cc1. The van der Waals surface area contributed by atoms with Crippen molar-refractivity contribution in [2.75, 3.05) is 13.7 Å². The molecule has 0 N–H and O–H groups in total. The molecule has 0 aliphatic carbocycles. The topological polar surface area (TPSA) is 38.5 Å². The summed E-state index contributed by atoms with van der Waals surface area (Å²) in [6.07, 6.45) is 3.32. The van der Waals surface area contributed by atoms with Gasteiger partial charge in [0.25, 0.3) is 0 Å². The molecule has 0 radical (unpaired) electrons. The first kappa shape index (κ1) is 15.1. The van der Waals surface area contributed by atoms with Crippen LogP contribution in [-0.2, 0) is 13.0 Å². The minimum atomic E-state index is 0.434. The van der Waals surface area contributed by atoms with Gasteiger partial charge in [0.05, 0.1) is 12.8 Å². The van der Waals surface area contributed by atoms with Gasteiger partial charge in [0.1, 0.15) is 11.5 Å². The Kier molecular flexibility index (Phi) is 4.48. The highest BCUT2D eigenvalue weighted by molar-refractivity contribution is 5.29. The van der Waals surface area contributed by atoms with E-state index in [2.05, 4.69) is 36.0 Å². The molecule has 1 fully saturated rings. The van der Waals surface area contributed by atoms with Crippen molar-refractivity contribution < 1.29 is 9.26 Å². The van der Waals surface area contributed by atoms with Crippen LogP contribution in [0.1, 0.15) is 48.4 Å². The second-order valence-electron chi connectivity index (χ2n) is 5.93. The zero-order valence-corrected chi connectivity index (χ0v) is 13.6. The summed E-state index contributed by atoms with van der Waals surface area (Å²) in [5.41, 5.74) is 3.68. The molecule has 118 valence electrons. The number of hydrogen-bond donors (Lipinski definition) is 0. The maximum Gasteiger partial charge on any atom is 0.141 e. The molecule has 0 amide bonds. The van der Waals surface area contributed by atoms with Crippen LogP contribution in [-0.4, -0.2) is 23.7 Å². The van der Waals surface area contributed by atoms with Crippen LogP contribution in [0, 0.1) is 6.92 Å². The van der Waals surface area contributed by atoms with E-state index in [1.807, 2.05) is 12.1 Å². The van der Waals surface area contributed by atoms with Crippen molar-refractivity contribution in [3.63, 3.8) is 0 Å². The molecule has 1 aliphatic heterocycles. The van der Waals surface area contributed by atoms with Crippen molar-refractivity contribution in [2.24, 2.45) is 0 Å². The zero-order valence-electron chi connectivity index (χ0n) is 13.6. The number of hydrogen-bond acceptors (Lipinski definition) is 4. The van der Waals surface area contributed by atoms with E-state index in [-0.39, 0.29) is 0 Å². The summed E-state index contributed by atoms with van der Waals surface area (Å²) in [6.45, 7) is 6.28. The molecule has 2 heterocycles. The van der Waals surface area contributed by atoms with Gasteiger partial charge >= 0.3 is 0 Å². The Hall–Kier alpha value is -1.81. The fraction of sp³-hybridized carbons (Fsp3) is 0.500. The van der Waals surface area contributed by atoms with Gasteiger partial charge in [-0.25, -0.2) is 0 Å². The third kappa shape index (κ3) is 2.88. The molecule has 2 aromatic rings. The summed E-state index contributed by atoms with van der Waals surface area (Å²) >= 11 is 0. The average molecular weight is 300 g/mol. The summed E-state index contributed by atoms with van der Waals surface area (Å²) in [7, 11) is 1.70. The molecule has 3 rings (SSSR count). The Morgan fingerprint density at radius 3 is 2.77 bits per heavy atom. The number of methoxy groups -OCH3 is 1. The van der Waals surface area contributed by atoms with Crippen molar-refractivity contribution in [3.8, 4) is 5.75 Å². The Balaban J connectivity index is 1.79. The summed E-state index contributed by atoms with van der Waals surface area (Å²) in [5, 5.41) is 4.18. The smallest absolute Gasteiger partial charge is 0.141 e. The third-order valence-electron chi connectivity index (χ3n) is 4.55. The van der Waals surface area contributed by atoms with Gasteiger partial charge < -0.3 is 9.26 Å². The fourth-order valence-electron chi connectivity index (χ4n) is 3.41. The van der Waals surface area contributed by atoms with Crippen molar-refractivity contribution in [2.45, 2.75) is 45.7 Å². The first-order chi connectivity index (χ1) is 10.7. The molecule has 0 saturated carbocycles. The van der Waals surface area contributed by atoms with Gasteiger partial charge in [-0.05, 0) is 44.0 Å². The number of benzene rings is 1. The highest BCUT2D eigenvalue weighted by atomic mass is 16.5. The van der Waals surface area contributed by atoms with Gasteiger partial charge in [0.2, 0.25) is 0 Å². The van der Waals surface area contributed by atoms with Gasteiger partial charge in [0.15, 0.2) is 0 Å². The zero-order chi connectivity index (χ0) is 15.5. The molecule has 0 unspecified atom stereocenters. The highest BCUT2D eigenvalue weighted by Crippen LogP contribution is 2.37. The fourth-order valence-corrected chi connectivity index (χ4v) is 3.41. The maximum atomic E-state index is 5.49. The lowest BCUT2D eigenvalue weighted by Crippen LogP contribution is -2.23. The van der Waals surface area contributed by atoms with Gasteiger partial charge in [0, 0.05) is 24.6 Å². The molecule has 1 aromatic heterocycles. The van der Waals surface area contributed by atoms with E-state index in [1.165, 1.54) is 24.0 Å². The van der Waals surface area contributed by atoms with E-state index in [4.69, 9.17) is 9.26 Å². The normalized spacial score (nSPS) is 18.8. The van der Waals surface area contributed by atoms with Crippen LogP contribution in [0.15, 0.2) is 28.8 Å². The molecule has 1 aliphatic rings. The molecule has 4 nitrogen and oxygen atoms in total. The molecule has 0 spiro atoms. The molecule has 4 heteroatoms. The van der Waals surface area contributed by atoms with Crippen molar-refractivity contribution >= 4 is 0 Å². The van der Waals surface area contributed by atoms with Gasteiger partial charge in [-0.15, -0.1) is 0 Å². The van der Waals surface area contributed by atoms with Gasteiger partial charge in [-0.2, -0.15) is 0 Å². The lowest BCUT2D eigenvalue weighted by molar-refractivity contribution is 0.245. The Morgan fingerprint density at radius 1 is 1.32 bits per heavy atom.